The van der Waals surface area contributed by atoms with Crippen LogP contribution in [0.3, 0.4) is 0 Å². The quantitative estimate of drug-likeness (QED) is 0.470. The predicted octanol–water partition coefficient (Wildman–Crippen LogP) is 3.88. The van der Waals surface area contributed by atoms with Crippen LogP contribution in [0.2, 0.25) is 0 Å². The molecule has 1 aliphatic rings. The largest absolute Gasteiger partial charge is 0.352 e. The Morgan fingerprint density at radius 1 is 1.09 bits per heavy atom. The van der Waals surface area contributed by atoms with E-state index in [1.165, 1.54) is 24.6 Å². The van der Waals surface area contributed by atoms with Gasteiger partial charge in [-0.2, -0.15) is 0 Å². The van der Waals surface area contributed by atoms with E-state index in [-0.39, 0.29) is 22.8 Å². The molecule has 2 heterocycles. The molecule has 5 rings (SSSR count). The molecule has 1 atom stereocenters. The van der Waals surface area contributed by atoms with E-state index >= 15 is 0 Å². The Balaban J connectivity index is 1.62. The van der Waals surface area contributed by atoms with Crippen molar-refractivity contribution in [2.24, 2.45) is 0 Å². The first-order valence-electron chi connectivity index (χ1n) is 11.0. The molecule has 8 heteroatoms. The van der Waals surface area contributed by atoms with Crippen molar-refractivity contribution in [1.29, 1.82) is 0 Å². The summed E-state index contributed by atoms with van der Waals surface area (Å²) in [7, 11) is 0. The van der Waals surface area contributed by atoms with Crippen LogP contribution in [0, 0.1) is 6.92 Å². The molecule has 1 amide bonds. The van der Waals surface area contributed by atoms with E-state index in [1.807, 2.05) is 66.8 Å². The number of hydrogen-bond acceptors (Lipinski definition) is 5. The first-order valence-corrected chi connectivity index (χ1v) is 11.8. The van der Waals surface area contributed by atoms with Crippen LogP contribution < -0.4 is 10.9 Å². The second-order valence-corrected chi connectivity index (χ2v) is 9.62. The topological polar surface area (TPSA) is 81.3 Å². The van der Waals surface area contributed by atoms with Gasteiger partial charge in [-0.15, -0.1) is 10.2 Å². The van der Waals surface area contributed by atoms with Gasteiger partial charge in [-0.1, -0.05) is 54.9 Å². The number of aryl methyl sites for hydroxylation is 1. The zero-order valence-corrected chi connectivity index (χ0v) is 18.9. The average Bonchev–Trinajstić information content (AvgIpc) is 3.45. The number of fused-ring (bicyclic) bond motifs is 3. The maximum atomic E-state index is 13.4. The third kappa shape index (κ3) is 3.58. The zero-order chi connectivity index (χ0) is 22.2. The number of nitrogens with zero attached hydrogens (tertiary/aromatic N) is 4. The SMILES string of the molecule is Cc1ccccc1-n1c(=O)c2ccccc2n2c(SC(C)C(=O)NC3CCCC3)nnc12. The number of thioether (sulfide) groups is 1. The summed E-state index contributed by atoms with van der Waals surface area (Å²) in [5.74, 6) is 0.448. The summed E-state index contributed by atoms with van der Waals surface area (Å²) in [6.07, 6.45) is 4.43. The highest BCUT2D eigenvalue weighted by atomic mass is 32.2. The van der Waals surface area contributed by atoms with E-state index in [1.54, 1.807) is 4.57 Å². The van der Waals surface area contributed by atoms with Gasteiger partial charge in [0, 0.05) is 6.04 Å². The Labute approximate surface area is 189 Å². The highest BCUT2D eigenvalue weighted by Crippen LogP contribution is 2.27. The summed E-state index contributed by atoms with van der Waals surface area (Å²) in [5.41, 5.74) is 2.32. The molecule has 164 valence electrons. The summed E-state index contributed by atoms with van der Waals surface area (Å²) in [5, 5.41) is 12.8. The minimum Gasteiger partial charge on any atom is -0.352 e. The van der Waals surface area contributed by atoms with Crippen molar-refractivity contribution >= 4 is 34.3 Å². The molecule has 1 fully saturated rings. The molecule has 2 aromatic heterocycles. The van der Waals surface area contributed by atoms with Crippen LogP contribution in [-0.2, 0) is 4.79 Å². The number of aromatic nitrogens is 4. The number of carbonyl (C=O) groups is 1. The fourth-order valence-corrected chi connectivity index (χ4v) is 5.25. The van der Waals surface area contributed by atoms with Crippen molar-refractivity contribution in [2.75, 3.05) is 0 Å². The lowest BCUT2D eigenvalue weighted by Crippen LogP contribution is -2.37. The van der Waals surface area contributed by atoms with Crippen molar-refractivity contribution in [1.82, 2.24) is 24.5 Å². The predicted molar refractivity (Wildman–Crippen MR) is 127 cm³/mol. The van der Waals surface area contributed by atoms with Crippen LogP contribution in [0.25, 0.3) is 22.4 Å². The molecular formula is C24H25N5O2S. The summed E-state index contributed by atoms with van der Waals surface area (Å²) < 4.78 is 3.49. The van der Waals surface area contributed by atoms with Crippen molar-refractivity contribution in [2.45, 2.75) is 56.0 Å². The van der Waals surface area contributed by atoms with Gasteiger partial charge in [0.2, 0.25) is 11.7 Å². The van der Waals surface area contributed by atoms with E-state index in [4.69, 9.17) is 0 Å². The fraction of sp³-hybridized carbons (Fsp3) is 0.333. The minimum absolute atomic E-state index is 0.00943. The zero-order valence-electron chi connectivity index (χ0n) is 18.1. The average molecular weight is 448 g/mol. The number of benzene rings is 2. The highest BCUT2D eigenvalue weighted by molar-refractivity contribution is 8.00. The van der Waals surface area contributed by atoms with Gasteiger partial charge in [0.1, 0.15) is 0 Å². The van der Waals surface area contributed by atoms with Gasteiger partial charge in [0.15, 0.2) is 5.16 Å². The van der Waals surface area contributed by atoms with Gasteiger partial charge in [0.05, 0.1) is 21.8 Å². The maximum Gasteiger partial charge on any atom is 0.267 e. The lowest BCUT2D eigenvalue weighted by molar-refractivity contribution is -0.120. The molecule has 7 nitrogen and oxygen atoms in total. The maximum absolute atomic E-state index is 13.4. The van der Waals surface area contributed by atoms with Crippen LogP contribution in [0.5, 0.6) is 0 Å². The summed E-state index contributed by atoms with van der Waals surface area (Å²) in [6, 6.07) is 15.4. The van der Waals surface area contributed by atoms with E-state index in [9.17, 15) is 9.59 Å². The van der Waals surface area contributed by atoms with Gasteiger partial charge in [-0.25, -0.2) is 4.57 Å². The monoisotopic (exact) mass is 447 g/mol. The number of amides is 1. The smallest absolute Gasteiger partial charge is 0.267 e. The summed E-state index contributed by atoms with van der Waals surface area (Å²) in [6.45, 7) is 3.85. The van der Waals surface area contributed by atoms with Crippen molar-refractivity contribution < 1.29 is 4.79 Å². The molecule has 0 spiro atoms. The molecule has 32 heavy (non-hydrogen) atoms. The van der Waals surface area contributed by atoms with Crippen molar-refractivity contribution in [3.63, 3.8) is 0 Å². The highest BCUT2D eigenvalue weighted by Gasteiger charge is 2.24. The summed E-state index contributed by atoms with van der Waals surface area (Å²) >= 11 is 1.36. The van der Waals surface area contributed by atoms with Crippen molar-refractivity contribution in [3.05, 3.63) is 64.4 Å². The Bertz CT molecular complexity index is 1370. The van der Waals surface area contributed by atoms with Gasteiger partial charge < -0.3 is 5.32 Å². The molecular weight excluding hydrogens is 422 g/mol. The van der Waals surface area contributed by atoms with E-state index < -0.39 is 0 Å². The van der Waals surface area contributed by atoms with Gasteiger partial charge in [-0.3, -0.25) is 14.0 Å². The Kier molecular flexibility index (Phi) is 5.46. The first kappa shape index (κ1) is 20.8. The van der Waals surface area contributed by atoms with E-state index in [0.717, 1.165) is 29.6 Å². The van der Waals surface area contributed by atoms with Crippen LogP contribution in [0.4, 0.5) is 0 Å². The molecule has 1 aliphatic carbocycles. The molecule has 1 unspecified atom stereocenters. The molecule has 2 aromatic carbocycles. The molecule has 4 aromatic rings. The lowest BCUT2D eigenvalue weighted by Gasteiger charge is -2.16. The number of nitrogens with one attached hydrogen (secondary N) is 1. The number of hydrogen-bond donors (Lipinski definition) is 1. The molecule has 1 N–H and O–H groups in total. The first-order chi connectivity index (χ1) is 15.5. The van der Waals surface area contributed by atoms with E-state index in [2.05, 4.69) is 15.5 Å². The standard InChI is InChI=1S/C24H25N5O2S/c1-15-9-3-7-13-19(15)28-22(31)18-12-6-8-14-20(18)29-23(28)26-27-24(29)32-16(2)21(30)25-17-10-4-5-11-17/h3,6-9,12-14,16-17H,4-5,10-11H2,1-2H3,(H,25,30). The minimum atomic E-state index is -0.333. The molecule has 1 saturated carbocycles. The van der Waals surface area contributed by atoms with Gasteiger partial charge in [0.25, 0.3) is 5.56 Å². The second-order valence-electron chi connectivity index (χ2n) is 8.31. The van der Waals surface area contributed by atoms with Crippen LogP contribution in [0.1, 0.15) is 38.2 Å². The normalized spacial score (nSPS) is 15.4. The van der Waals surface area contributed by atoms with Gasteiger partial charge >= 0.3 is 0 Å². The fourth-order valence-electron chi connectivity index (χ4n) is 4.39. The molecule has 0 bridgehead atoms. The van der Waals surface area contributed by atoms with Crippen LogP contribution >= 0.6 is 11.8 Å². The molecule has 0 aliphatic heterocycles. The van der Waals surface area contributed by atoms with E-state index in [0.29, 0.717) is 16.3 Å². The number of para-hydroxylation sites is 2. The Hall–Kier alpha value is -3.13. The Morgan fingerprint density at radius 3 is 2.59 bits per heavy atom. The third-order valence-electron chi connectivity index (χ3n) is 6.10. The van der Waals surface area contributed by atoms with Gasteiger partial charge in [-0.05, 0) is 50.5 Å². The van der Waals surface area contributed by atoms with Crippen LogP contribution in [0.15, 0.2) is 58.5 Å². The third-order valence-corrected chi connectivity index (χ3v) is 7.15. The summed E-state index contributed by atoms with van der Waals surface area (Å²) in [4.78, 5) is 26.2. The molecule has 0 saturated heterocycles. The lowest BCUT2D eigenvalue weighted by atomic mass is 10.2. The molecule has 0 radical (unpaired) electrons. The Morgan fingerprint density at radius 2 is 1.81 bits per heavy atom. The second kappa shape index (κ2) is 8.43. The number of carbonyl (C=O) groups excluding carboxylic acids is 1. The number of rotatable bonds is 5. The van der Waals surface area contributed by atoms with Crippen molar-refractivity contribution in [3.8, 4) is 5.69 Å². The van der Waals surface area contributed by atoms with Crippen LogP contribution in [-0.4, -0.2) is 36.4 Å².